The number of nitrogens with one attached hydrogen (secondary N) is 2. The van der Waals surface area contributed by atoms with Crippen molar-refractivity contribution in [2.24, 2.45) is 0 Å². The second kappa shape index (κ2) is 7.19. The van der Waals surface area contributed by atoms with Gasteiger partial charge in [0.1, 0.15) is 6.54 Å². The Morgan fingerprint density at radius 3 is 2.88 bits per heavy atom. The van der Waals surface area contributed by atoms with E-state index in [1.54, 1.807) is 23.1 Å². The average molecular weight is 449 g/mol. The highest BCUT2D eigenvalue weighted by Gasteiger charge is 2.41. The lowest BCUT2D eigenvalue weighted by molar-refractivity contribution is 0.123. The molecule has 2 atom stereocenters. The van der Waals surface area contributed by atoms with Crippen LogP contribution < -0.4 is 11.2 Å². The van der Waals surface area contributed by atoms with Crippen molar-refractivity contribution in [1.82, 2.24) is 34.3 Å². The molecule has 33 heavy (non-hydrogen) atoms. The standard InChI is InChI=1S/C22H17F2N7O2/c23-19(24)10-31-18-5-11(1-2-12(18)8-27-31)13-6-14(13)15-7-17(29-30-4-3-25-20(15)30)16-9-26-22(33)28-21(16)32/h1-5,7-9,13-14,19H,6,10H2,(H2,26,28,32,33)/t13-,14?/m0/s1. The number of hydrogen-bond donors (Lipinski definition) is 2. The van der Waals surface area contributed by atoms with Crippen LogP contribution in [-0.2, 0) is 6.54 Å². The SMILES string of the molecule is O=c1[nH]cc(-c2cc(C3C[C@H]3c3ccc4cnn(CC(F)F)c4c3)c3nccn3n2)c(=O)[nH]1. The minimum absolute atomic E-state index is 0.127. The van der Waals surface area contributed by atoms with Crippen molar-refractivity contribution < 1.29 is 8.78 Å². The van der Waals surface area contributed by atoms with Crippen molar-refractivity contribution in [2.45, 2.75) is 31.2 Å². The molecule has 1 fully saturated rings. The highest BCUT2D eigenvalue weighted by Crippen LogP contribution is 2.55. The number of hydrogen-bond acceptors (Lipinski definition) is 5. The Hall–Kier alpha value is -4.15. The number of halogens is 2. The number of aromatic amines is 2. The maximum absolute atomic E-state index is 12.9. The average Bonchev–Trinajstić information content (AvgIpc) is 3.26. The summed E-state index contributed by atoms with van der Waals surface area (Å²) in [5.41, 5.74) is 2.90. The molecule has 1 unspecified atom stereocenters. The molecule has 4 aromatic heterocycles. The Kier molecular flexibility index (Phi) is 4.25. The zero-order valence-corrected chi connectivity index (χ0v) is 17.1. The molecule has 0 bridgehead atoms. The highest BCUT2D eigenvalue weighted by atomic mass is 19.3. The van der Waals surface area contributed by atoms with Gasteiger partial charge in [-0.15, -0.1) is 0 Å². The number of aromatic nitrogens is 7. The fourth-order valence-corrected chi connectivity index (χ4v) is 4.45. The Bertz CT molecular complexity index is 1630. The Morgan fingerprint density at radius 1 is 1.18 bits per heavy atom. The molecule has 0 amide bonds. The summed E-state index contributed by atoms with van der Waals surface area (Å²) in [6.45, 7) is -0.447. The van der Waals surface area contributed by atoms with Crippen LogP contribution in [0.3, 0.4) is 0 Å². The van der Waals surface area contributed by atoms with Crippen LogP contribution in [0.4, 0.5) is 8.78 Å². The van der Waals surface area contributed by atoms with E-state index >= 15 is 0 Å². The fourth-order valence-electron chi connectivity index (χ4n) is 4.45. The zero-order valence-electron chi connectivity index (χ0n) is 17.1. The molecular weight excluding hydrogens is 432 g/mol. The summed E-state index contributed by atoms with van der Waals surface area (Å²) < 4.78 is 28.8. The lowest BCUT2D eigenvalue weighted by Crippen LogP contribution is -2.23. The van der Waals surface area contributed by atoms with E-state index < -0.39 is 24.2 Å². The number of nitrogens with zero attached hydrogens (tertiary/aromatic N) is 5. The molecule has 0 spiro atoms. The number of fused-ring (bicyclic) bond motifs is 2. The summed E-state index contributed by atoms with van der Waals surface area (Å²) in [6, 6.07) is 7.65. The normalized spacial score (nSPS) is 17.9. The van der Waals surface area contributed by atoms with Crippen LogP contribution in [0.15, 0.2) is 58.6 Å². The topological polar surface area (TPSA) is 114 Å². The first kappa shape index (κ1) is 19.5. The van der Waals surface area contributed by atoms with Gasteiger partial charge in [-0.05, 0) is 36.0 Å². The van der Waals surface area contributed by atoms with Gasteiger partial charge in [-0.3, -0.25) is 14.5 Å². The monoisotopic (exact) mass is 449 g/mol. The predicted molar refractivity (Wildman–Crippen MR) is 116 cm³/mol. The lowest BCUT2D eigenvalue weighted by Gasteiger charge is -2.08. The second-order valence-electron chi connectivity index (χ2n) is 8.15. The summed E-state index contributed by atoms with van der Waals surface area (Å²) in [7, 11) is 0. The molecule has 0 saturated heterocycles. The first-order valence-electron chi connectivity index (χ1n) is 10.4. The van der Waals surface area contributed by atoms with Crippen LogP contribution in [-0.4, -0.2) is 40.8 Å². The molecule has 4 heterocycles. The van der Waals surface area contributed by atoms with Gasteiger partial charge in [0.2, 0.25) is 0 Å². The summed E-state index contributed by atoms with van der Waals surface area (Å²) in [5, 5.41) is 9.37. The van der Waals surface area contributed by atoms with E-state index in [-0.39, 0.29) is 17.4 Å². The number of imidazole rings is 1. The highest BCUT2D eigenvalue weighted by molar-refractivity contribution is 5.79. The summed E-state index contributed by atoms with van der Waals surface area (Å²) in [5.74, 6) is 0.302. The molecule has 11 heteroatoms. The van der Waals surface area contributed by atoms with Crippen molar-refractivity contribution >= 4 is 16.6 Å². The summed E-state index contributed by atoms with van der Waals surface area (Å²) in [4.78, 5) is 32.8. The molecular formula is C22H17F2N7O2. The fraction of sp³-hybridized carbons (Fsp3) is 0.227. The van der Waals surface area contributed by atoms with E-state index in [0.717, 1.165) is 22.9 Å². The summed E-state index contributed by atoms with van der Waals surface area (Å²) in [6.07, 6.45) is 4.65. The smallest absolute Gasteiger partial charge is 0.313 e. The van der Waals surface area contributed by atoms with Crippen molar-refractivity contribution in [3.05, 3.63) is 81.0 Å². The Morgan fingerprint density at radius 2 is 2.06 bits per heavy atom. The maximum Gasteiger partial charge on any atom is 0.325 e. The van der Waals surface area contributed by atoms with Gasteiger partial charge in [0.05, 0.1) is 23.0 Å². The molecule has 0 radical (unpaired) electrons. The molecule has 1 saturated carbocycles. The number of rotatable bonds is 5. The van der Waals surface area contributed by atoms with Gasteiger partial charge in [0, 0.05) is 29.5 Å². The Balaban J connectivity index is 1.40. The van der Waals surface area contributed by atoms with Crippen LogP contribution in [0.1, 0.15) is 29.4 Å². The summed E-state index contributed by atoms with van der Waals surface area (Å²) >= 11 is 0. The van der Waals surface area contributed by atoms with Gasteiger partial charge in [0.25, 0.3) is 12.0 Å². The van der Waals surface area contributed by atoms with Gasteiger partial charge in [0.15, 0.2) is 5.65 Å². The third-order valence-electron chi connectivity index (χ3n) is 6.08. The van der Waals surface area contributed by atoms with Crippen molar-refractivity contribution in [2.75, 3.05) is 0 Å². The molecule has 1 aliphatic rings. The van der Waals surface area contributed by atoms with Crippen LogP contribution in [0.25, 0.3) is 27.8 Å². The number of alkyl halides is 2. The third kappa shape index (κ3) is 3.32. The van der Waals surface area contributed by atoms with Crippen LogP contribution in [0.5, 0.6) is 0 Å². The molecule has 166 valence electrons. The zero-order chi connectivity index (χ0) is 22.7. The molecule has 1 aliphatic carbocycles. The third-order valence-corrected chi connectivity index (χ3v) is 6.08. The minimum atomic E-state index is -2.48. The molecule has 0 aliphatic heterocycles. The minimum Gasteiger partial charge on any atom is -0.313 e. The molecule has 1 aromatic carbocycles. The van der Waals surface area contributed by atoms with E-state index in [2.05, 4.69) is 25.1 Å². The first-order valence-corrected chi connectivity index (χ1v) is 10.4. The lowest BCUT2D eigenvalue weighted by atomic mass is 10.0. The van der Waals surface area contributed by atoms with Gasteiger partial charge in [-0.1, -0.05) is 12.1 Å². The van der Waals surface area contributed by atoms with Gasteiger partial charge in [-0.2, -0.15) is 10.2 Å². The quantitative estimate of drug-likeness (QED) is 0.428. The molecule has 6 rings (SSSR count). The predicted octanol–water partition coefficient (Wildman–Crippen LogP) is 2.66. The first-order chi connectivity index (χ1) is 16.0. The van der Waals surface area contributed by atoms with E-state index in [9.17, 15) is 18.4 Å². The van der Waals surface area contributed by atoms with Crippen LogP contribution in [0.2, 0.25) is 0 Å². The van der Waals surface area contributed by atoms with Crippen molar-refractivity contribution in [1.29, 1.82) is 0 Å². The maximum atomic E-state index is 12.9. The van der Waals surface area contributed by atoms with Crippen molar-refractivity contribution in [3.63, 3.8) is 0 Å². The van der Waals surface area contributed by atoms with E-state index in [0.29, 0.717) is 16.9 Å². The molecule has 9 nitrogen and oxygen atoms in total. The molecule has 2 N–H and O–H groups in total. The van der Waals surface area contributed by atoms with E-state index in [1.165, 1.54) is 10.9 Å². The number of H-pyrrole nitrogens is 2. The number of benzene rings is 1. The van der Waals surface area contributed by atoms with Gasteiger partial charge in [-0.25, -0.2) is 23.1 Å². The second-order valence-corrected chi connectivity index (χ2v) is 8.15. The van der Waals surface area contributed by atoms with Crippen molar-refractivity contribution in [3.8, 4) is 11.3 Å². The largest absolute Gasteiger partial charge is 0.325 e. The van der Waals surface area contributed by atoms with Gasteiger partial charge >= 0.3 is 5.69 Å². The van der Waals surface area contributed by atoms with Gasteiger partial charge < -0.3 is 4.98 Å². The van der Waals surface area contributed by atoms with Crippen LogP contribution >= 0.6 is 0 Å². The van der Waals surface area contributed by atoms with E-state index in [4.69, 9.17) is 0 Å². The van der Waals surface area contributed by atoms with E-state index in [1.807, 2.05) is 24.3 Å². The van der Waals surface area contributed by atoms with Crippen LogP contribution in [0, 0.1) is 0 Å². The Labute approximate surface area is 183 Å². The molecule has 5 aromatic rings.